The van der Waals surface area contributed by atoms with Gasteiger partial charge in [-0.25, -0.2) is 0 Å². The molecule has 0 radical (unpaired) electrons. The zero-order valence-corrected chi connectivity index (χ0v) is 12.9. The van der Waals surface area contributed by atoms with Gasteiger partial charge in [-0.3, -0.25) is 5.32 Å². The van der Waals surface area contributed by atoms with Crippen LogP contribution in [-0.4, -0.2) is 18.7 Å². The molecule has 0 amide bonds. The van der Waals surface area contributed by atoms with Gasteiger partial charge in [0, 0.05) is 0 Å². The van der Waals surface area contributed by atoms with Gasteiger partial charge in [0.25, 0.3) is 0 Å². The molecular weight excluding hydrogens is 248 g/mol. The van der Waals surface area contributed by atoms with E-state index in [2.05, 4.69) is 37.4 Å². The second-order valence-corrected chi connectivity index (χ2v) is 5.03. The third-order valence-electron chi connectivity index (χ3n) is 3.68. The molecule has 1 aromatic rings. The Hall–Kier alpha value is -1.53. The lowest BCUT2D eigenvalue weighted by molar-refractivity contribution is 0.277. The van der Waals surface area contributed by atoms with Crippen molar-refractivity contribution in [1.82, 2.24) is 5.32 Å². The summed E-state index contributed by atoms with van der Waals surface area (Å²) in [6.45, 7) is 7.70. The molecule has 1 atom stereocenters. The molecule has 0 aromatic heterocycles. The number of hydrogen-bond donors (Lipinski definition) is 1. The first-order chi connectivity index (χ1) is 9.69. The number of nitrogens with zero attached hydrogens (tertiary/aromatic N) is 1. The maximum absolute atomic E-state index is 9.33. The van der Waals surface area contributed by atoms with Crippen molar-refractivity contribution < 1.29 is 4.74 Å². The summed E-state index contributed by atoms with van der Waals surface area (Å²) in [6, 6.07) is 10.6. The van der Waals surface area contributed by atoms with E-state index in [4.69, 9.17) is 4.74 Å². The molecule has 0 bridgehead atoms. The second kappa shape index (κ2) is 8.60. The molecule has 1 unspecified atom stereocenters. The molecule has 0 spiro atoms. The Balaban J connectivity index is 2.38. The first-order valence-corrected chi connectivity index (χ1v) is 7.57. The number of nitriles is 1. The Morgan fingerprint density at radius 3 is 2.40 bits per heavy atom. The molecule has 3 heteroatoms. The van der Waals surface area contributed by atoms with Gasteiger partial charge in [0.2, 0.25) is 0 Å². The van der Waals surface area contributed by atoms with Gasteiger partial charge in [-0.2, -0.15) is 5.26 Å². The molecule has 3 nitrogen and oxygen atoms in total. The standard InChI is InChI=1S/C17H26N2O/c1-4-15-8-10-16(11-9-15)20-13-7-12-17(5-2,14-18)19-6-3/h8-11,19H,4-7,12-13H2,1-3H3. The average molecular weight is 274 g/mol. The van der Waals surface area contributed by atoms with Gasteiger partial charge < -0.3 is 4.74 Å². The average Bonchev–Trinajstić information content (AvgIpc) is 2.51. The van der Waals surface area contributed by atoms with Crippen LogP contribution in [0.15, 0.2) is 24.3 Å². The SMILES string of the molecule is CCNC(C#N)(CC)CCCOc1ccc(CC)cc1. The number of hydrogen-bond acceptors (Lipinski definition) is 3. The molecule has 1 rings (SSSR count). The van der Waals surface area contributed by atoms with Crippen LogP contribution < -0.4 is 10.1 Å². The van der Waals surface area contributed by atoms with E-state index in [1.807, 2.05) is 19.1 Å². The molecule has 110 valence electrons. The van der Waals surface area contributed by atoms with Gasteiger partial charge in [-0.15, -0.1) is 0 Å². The highest BCUT2D eigenvalue weighted by Gasteiger charge is 2.25. The fourth-order valence-electron chi connectivity index (χ4n) is 2.29. The quantitative estimate of drug-likeness (QED) is 0.698. The molecule has 0 heterocycles. The van der Waals surface area contributed by atoms with Crippen molar-refractivity contribution in [1.29, 1.82) is 5.26 Å². The van der Waals surface area contributed by atoms with E-state index in [1.54, 1.807) is 0 Å². The van der Waals surface area contributed by atoms with Crippen LogP contribution in [0.3, 0.4) is 0 Å². The van der Waals surface area contributed by atoms with Crippen molar-refractivity contribution >= 4 is 0 Å². The highest BCUT2D eigenvalue weighted by atomic mass is 16.5. The number of rotatable bonds is 9. The zero-order chi connectivity index (χ0) is 14.8. The van der Waals surface area contributed by atoms with Crippen molar-refractivity contribution in [3.8, 4) is 11.8 Å². The van der Waals surface area contributed by atoms with E-state index in [9.17, 15) is 5.26 Å². The monoisotopic (exact) mass is 274 g/mol. The third-order valence-corrected chi connectivity index (χ3v) is 3.68. The summed E-state index contributed by atoms with van der Waals surface area (Å²) in [4.78, 5) is 0. The smallest absolute Gasteiger partial charge is 0.119 e. The first kappa shape index (κ1) is 16.5. The lowest BCUT2D eigenvalue weighted by atomic mass is 9.92. The van der Waals surface area contributed by atoms with Crippen molar-refractivity contribution in [2.45, 2.75) is 52.0 Å². The van der Waals surface area contributed by atoms with Crippen LogP contribution in [0.5, 0.6) is 5.75 Å². The molecule has 1 N–H and O–H groups in total. The number of aryl methyl sites for hydroxylation is 1. The van der Waals surface area contributed by atoms with E-state index in [0.717, 1.165) is 38.0 Å². The second-order valence-electron chi connectivity index (χ2n) is 5.03. The summed E-state index contributed by atoms with van der Waals surface area (Å²) in [5.41, 5.74) is 0.920. The van der Waals surface area contributed by atoms with E-state index in [1.165, 1.54) is 5.56 Å². The van der Waals surface area contributed by atoms with Gasteiger partial charge in [0.1, 0.15) is 11.3 Å². The van der Waals surface area contributed by atoms with Gasteiger partial charge in [-0.05, 0) is 49.9 Å². The van der Waals surface area contributed by atoms with Crippen LogP contribution in [0.25, 0.3) is 0 Å². The molecular formula is C17H26N2O. The fraction of sp³-hybridized carbons (Fsp3) is 0.588. The summed E-state index contributed by atoms with van der Waals surface area (Å²) >= 11 is 0. The van der Waals surface area contributed by atoms with Crippen molar-refractivity contribution in [2.75, 3.05) is 13.2 Å². The maximum atomic E-state index is 9.33. The highest BCUT2D eigenvalue weighted by Crippen LogP contribution is 2.18. The molecule has 0 aliphatic heterocycles. The number of benzene rings is 1. The normalized spacial score (nSPS) is 13.5. The van der Waals surface area contributed by atoms with Crippen LogP contribution >= 0.6 is 0 Å². The van der Waals surface area contributed by atoms with E-state index >= 15 is 0 Å². The molecule has 0 saturated carbocycles. The summed E-state index contributed by atoms with van der Waals surface area (Å²) in [5, 5.41) is 12.6. The summed E-state index contributed by atoms with van der Waals surface area (Å²) in [7, 11) is 0. The molecule has 0 aliphatic carbocycles. The van der Waals surface area contributed by atoms with Crippen LogP contribution in [0, 0.1) is 11.3 Å². The zero-order valence-electron chi connectivity index (χ0n) is 12.9. The molecule has 0 aliphatic rings. The van der Waals surface area contributed by atoms with Crippen LogP contribution in [-0.2, 0) is 6.42 Å². The van der Waals surface area contributed by atoms with Crippen LogP contribution in [0.2, 0.25) is 0 Å². The minimum atomic E-state index is -0.399. The largest absolute Gasteiger partial charge is 0.494 e. The van der Waals surface area contributed by atoms with E-state index in [-0.39, 0.29) is 0 Å². The minimum Gasteiger partial charge on any atom is -0.494 e. The predicted octanol–water partition coefficient (Wildman–Crippen LogP) is 3.69. The van der Waals surface area contributed by atoms with Crippen LogP contribution in [0.1, 0.15) is 45.6 Å². The van der Waals surface area contributed by atoms with Crippen molar-refractivity contribution in [2.24, 2.45) is 0 Å². The number of ether oxygens (including phenoxy) is 1. The van der Waals surface area contributed by atoms with Gasteiger partial charge >= 0.3 is 0 Å². The minimum absolute atomic E-state index is 0.399. The van der Waals surface area contributed by atoms with Gasteiger partial charge in [0.05, 0.1) is 12.7 Å². The predicted molar refractivity (Wildman–Crippen MR) is 82.9 cm³/mol. The lowest BCUT2D eigenvalue weighted by Crippen LogP contribution is -2.43. The number of nitrogens with one attached hydrogen (secondary N) is 1. The Morgan fingerprint density at radius 2 is 1.90 bits per heavy atom. The van der Waals surface area contributed by atoms with Crippen LogP contribution in [0.4, 0.5) is 0 Å². The maximum Gasteiger partial charge on any atom is 0.119 e. The third kappa shape index (κ3) is 4.86. The molecule has 20 heavy (non-hydrogen) atoms. The molecule has 0 saturated heterocycles. The first-order valence-electron chi connectivity index (χ1n) is 7.57. The Morgan fingerprint density at radius 1 is 1.20 bits per heavy atom. The van der Waals surface area contributed by atoms with Gasteiger partial charge in [0.15, 0.2) is 0 Å². The highest BCUT2D eigenvalue weighted by molar-refractivity contribution is 5.27. The molecule has 0 fully saturated rings. The summed E-state index contributed by atoms with van der Waals surface area (Å²) < 4.78 is 5.73. The Labute approximate surface area is 123 Å². The van der Waals surface area contributed by atoms with Crippen molar-refractivity contribution in [3.05, 3.63) is 29.8 Å². The summed E-state index contributed by atoms with van der Waals surface area (Å²) in [5.74, 6) is 0.907. The Kier molecular flexibility index (Phi) is 7.11. The fourth-order valence-corrected chi connectivity index (χ4v) is 2.29. The topological polar surface area (TPSA) is 45.0 Å². The van der Waals surface area contributed by atoms with E-state index in [0.29, 0.717) is 6.61 Å². The van der Waals surface area contributed by atoms with E-state index < -0.39 is 5.54 Å². The van der Waals surface area contributed by atoms with Gasteiger partial charge in [-0.1, -0.05) is 32.9 Å². The van der Waals surface area contributed by atoms with Crippen molar-refractivity contribution in [3.63, 3.8) is 0 Å². The molecule has 1 aromatic carbocycles. The lowest BCUT2D eigenvalue weighted by Gasteiger charge is -2.25. The Bertz CT molecular complexity index is 422. The summed E-state index contributed by atoms with van der Waals surface area (Å²) in [6.07, 6.45) is 3.57.